The Morgan fingerprint density at radius 3 is 1.93 bits per heavy atom. The van der Waals surface area contributed by atoms with Gasteiger partial charge in [0.05, 0.1) is 0 Å². The van der Waals surface area contributed by atoms with Crippen molar-refractivity contribution in [1.82, 2.24) is 0 Å². The molecule has 0 spiro atoms. The van der Waals surface area contributed by atoms with Gasteiger partial charge in [0.1, 0.15) is 0 Å². The van der Waals surface area contributed by atoms with E-state index in [2.05, 4.69) is 54.2 Å². The van der Waals surface area contributed by atoms with Gasteiger partial charge >= 0.3 is 0 Å². The van der Waals surface area contributed by atoms with Crippen LogP contribution in [0, 0.1) is 17.8 Å². The highest BCUT2D eigenvalue weighted by molar-refractivity contribution is 5.08. The SMILES string of the molecule is C=C(C)C(C/C(C)=C/C(C)C)C(C)C. The molecule has 1 atom stereocenters. The minimum absolute atomic E-state index is 0.644. The Kier molecular flexibility index (Phi) is 5.83. The van der Waals surface area contributed by atoms with Crippen molar-refractivity contribution >= 4 is 0 Å². The smallest absolute Gasteiger partial charge is 0.0148 e. The summed E-state index contributed by atoms with van der Waals surface area (Å²) in [6, 6.07) is 0. The van der Waals surface area contributed by atoms with E-state index >= 15 is 0 Å². The molecule has 0 fully saturated rings. The van der Waals surface area contributed by atoms with Crippen molar-refractivity contribution in [3.8, 4) is 0 Å². The van der Waals surface area contributed by atoms with Crippen LogP contribution in [0.1, 0.15) is 48.0 Å². The average Bonchev–Trinajstić information content (AvgIpc) is 1.97. The fraction of sp³-hybridized carbons (Fsp3) is 0.714. The van der Waals surface area contributed by atoms with Crippen LogP contribution in [-0.4, -0.2) is 0 Å². The molecule has 0 aliphatic carbocycles. The van der Waals surface area contributed by atoms with Crippen molar-refractivity contribution in [3.05, 3.63) is 23.8 Å². The summed E-state index contributed by atoms with van der Waals surface area (Å²) >= 11 is 0. The van der Waals surface area contributed by atoms with Gasteiger partial charge in [-0.2, -0.15) is 0 Å². The first-order valence-electron chi connectivity index (χ1n) is 5.67. The summed E-state index contributed by atoms with van der Waals surface area (Å²) in [5.74, 6) is 2.00. The molecule has 0 bridgehead atoms. The van der Waals surface area contributed by atoms with Crippen LogP contribution >= 0.6 is 0 Å². The lowest BCUT2D eigenvalue weighted by Gasteiger charge is -2.21. The highest BCUT2D eigenvalue weighted by Gasteiger charge is 2.14. The summed E-state index contributed by atoms with van der Waals surface area (Å²) in [5.41, 5.74) is 2.82. The van der Waals surface area contributed by atoms with Crippen LogP contribution in [0.15, 0.2) is 23.8 Å². The van der Waals surface area contributed by atoms with Gasteiger partial charge in [-0.05, 0) is 38.0 Å². The Labute approximate surface area is 90.1 Å². The van der Waals surface area contributed by atoms with Crippen molar-refractivity contribution in [2.24, 2.45) is 17.8 Å². The number of hydrogen-bond acceptors (Lipinski definition) is 0. The molecule has 82 valence electrons. The summed E-state index contributed by atoms with van der Waals surface area (Å²) in [6.07, 6.45) is 3.53. The molecule has 0 amide bonds. The molecule has 0 aromatic heterocycles. The topological polar surface area (TPSA) is 0 Å². The maximum atomic E-state index is 4.08. The molecule has 0 saturated carbocycles. The first-order chi connectivity index (χ1) is 6.34. The number of hydrogen-bond donors (Lipinski definition) is 0. The molecule has 0 aromatic rings. The average molecular weight is 194 g/mol. The molecule has 14 heavy (non-hydrogen) atoms. The van der Waals surface area contributed by atoms with E-state index in [1.54, 1.807) is 0 Å². The van der Waals surface area contributed by atoms with Crippen molar-refractivity contribution in [2.75, 3.05) is 0 Å². The number of allylic oxidation sites excluding steroid dienone is 3. The third-order valence-electron chi connectivity index (χ3n) is 2.60. The van der Waals surface area contributed by atoms with Gasteiger partial charge < -0.3 is 0 Å². The van der Waals surface area contributed by atoms with Crippen LogP contribution in [-0.2, 0) is 0 Å². The lowest BCUT2D eigenvalue weighted by atomic mass is 9.84. The summed E-state index contributed by atoms with van der Waals surface area (Å²) in [7, 11) is 0. The Bertz CT molecular complexity index is 206. The van der Waals surface area contributed by atoms with Crippen LogP contribution in [0.25, 0.3) is 0 Å². The summed E-state index contributed by atoms with van der Waals surface area (Å²) in [6.45, 7) is 17.5. The third kappa shape index (κ3) is 5.26. The van der Waals surface area contributed by atoms with Crippen LogP contribution in [0.3, 0.4) is 0 Å². The molecule has 0 heteroatoms. The molecule has 1 unspecified atom stereocenters. The molecular formula is C14H26. The largest absolute Gasteiger partial charge is 0.0998 e. The lowest BCUT2D eigenvalue weighted by Crippen LogP contribution is -2.10. The van der Waals surface area contributed by atoms with Crippen molar-refractivity contribution < 1.29 is 0 Å². The molecule has 0 rings (SSSR count). The Balaban J connectivity index is 4.38. The van der Waals surface area contributed by atoms with E-state index in [9.17, 15) is 0 Å². The van der Waals surface area contributed by atoms with Gasteiger partial charge in [-0.15, -0.1) is 0 Å². The van der Waals surface area contributed by atoms with Gasteiger partial charge in [-0.25, -0.2) is 0 Å². The van der Waals surface area contributed by atoms with Gasteiger partial charge in [0.25, 0.3) is 0 Å². The van der Waals surface area contributed by atoms with E-state index in [-0.39, 0.29) is 0 Å². The van der Waals surface area contributed by atoms with E-state index in [0.29, 0.717) is 17.8 Å². The van der Waals surface area contributed by atoms with Gasteiger partial charge in [-0.1, -0.05) is 51.5 Å². The van der Waals surface area contributed by atoms with Gasteiger partial charge in [-0.3, -0.25) is 0 Å². The molecule has 0 nitrogen and oxygen atoms in total. The van der Waals surface area contributed by atoms with Crippen LogP contribution in [0.2, 0.25) is 0 Å². The molecule has 0 heterocycles. The van der Waals surface area contributed by atoms with Gasteiger partial charge in [0, 0.05) is 0 Å². The Morgan fingerprint density at radius 1 is 1.14 bits per heavy atom. The van der Waals surface area contributed by atoms with E-state index in [1.807, 2.05) is 0 Å². The number of rotatable bonds is 5. The van der Waals surface area contributed by atoms with E-state index in [0.717, 1.165) is 0 Å². The molecule has 0 saturated heterocycles. The Morgan fingerprint density at radius 2 is 1.64 bits per heavy atom. The molecular weight excluding hydrogens is 168 g/mol. The molecule has 0 aromatic carbocycles. The Hall–Kier alpha value is -0.520. The van der Waals surface area contributed by atoms with Crippen molar-refractivity contribution in [3.63, 3.8) is 0 Å². The predicted molar refractivity (Wildman–Crippen MR) is 66.4 cm³/mol. The van der Waals surface area contributed by atoms with E-state index in [1.165, 1.54) is 17.6 Å². The van der Waals surface area contributed by atoms with Gasteiger partial charge in [0.2, 0.25) is 0 Å². The summed E-state index contributed by atoms with van der Waals surface area (Å²) in [5, 5.41) is 0. The normalized spacial score (nSPS) is 15.0. The second kappa shape index (κ2) is 6.06. The highest BCUT2D eigenvalue weighted by atomic mass is 14.2. The van der Waals surface area contributed by atoms with Crippen LogP contribution < -0.4 is 0 Å². The van der Waals surface area contributed by atoms with Gasteiger partial charge in [0.15, 0.2) is 0 Å². The van der Waals surface area contributed by atoms with E-state index < -0.39 is 0 Å². The molecule has 0 N–H and O–H groups in total. The first-order valence-corrected chi connectivity index (χ1v) is 5.67. The minimum atomic E-state index is 0.644. The fourth-order valence-electron chi connectivity index (χ4n) is 1.96. The molecule has 0 aliphatic heterocycles. The second-order valence-corrected chi connectivity index (χ2v) is 5.16. The van der Waals surface area contributed by atoms with Crippen molar-refractivity contribution in [1.29, 1.82) is 0 Å². The van der Waals surface area contributed by atoms with Crippen LogP contribution in [0.5, 0.6) is 0 Å². The first kappa shape index (κ1) is 13.5. The zero-order chi connectivity index (χ0) is 11.3. The fourth-order valence-corrected chi connectivity index (χ4v) is 1.96. The maximum absolute atomic E-state index is 4.08. The minimum Gasteiger partial charge on any atom is -0.0998 e. The monoisotopic (exact) mass is 194 g/mol. The summed E-state index contributed by atoms with van der Waals surface area (Å²) < 4.78 is 0. The van der Waals surface area contributed by atoms with Crippen molar-refractivity contribution in [2.45, 2.75) is 48.0 Å². The second-order valence-electron chi connectivity index (χ2n) is 5.16. The molecule has 0 radical (unpaired) electrons. The quantitative estimate of drug-likeness (QED) is 0.550. The van der Waals surface area contributed by atoms with E-state index in [4.69, 9.17) is 0 Å². The summed E-state index contributed by atoms with van der Waals surface area (Å²) in [4.78, 5) is 0. The lowest BCUT2D eigenvalue weighted by molar-refractivity contribution is 0.439. The zero-order valence-corrected chi connectivity index (χ0v) is 10.7. The highest BCUT2D eigenvalue weighted by Crippen LogP contribution is 2.26. The maximum Gasteiger partial charge on any atom is -0.0148 e. The zero-order valence-electron chi connectivity index (χ0n) is 10.7. The standard InChI is InChI=1S/C14H26/c1-10(2)8-13(7)9-14(11(3)4)12(5)6/h8,10,12,14H,3,9H2,1-2,4-7H3/b13-8+. The predicted octanol–water partition coefficient (Wildman–Crippen LogP) is 4.83. The molecule has 0 aliphatic rings. The third-order valence-corrected chi connectivity index (χ3v) is 2.60. The van der Waals surface area contributed by atoms with Crippen LogP contribution in [0.4, 0.5) is 0 Å².